The summed E-state index contributed by atoms with van der Waals surface area (Å²) in [5.74, 6) is 0.605. The minimum absolute atomic E-state index is 0.110. The molecule has 1 aromatic carbocycles. The van der Waals surface area contributed by atoms with Crippen molar-refractivity contribution in [1.29, 1.82) is 0 Å². The van der Waals surface area contributed by atoms with Crippen molar-refractivity contribution < 1.29 is 9.53 Å². The van der Waals surface area contributed by atoms with Gasteiger partial charge in [-0.05, 0) is 51.1 Å². The maximum atomic E-state index is 11.7. The lowest BCUT2D eigenvalue weighted by atomic mass is 10.2. The molecule has 0 radical (unpaired) electrons. The predicted molar refractivity (Wildman–Crippen MR) is 86.3 cm³/mol. The lowest BCUT2D eigenvalue weighted by Crippen LogP contribution is -2.34. The Morgan fingerprint density at radius 1 is 1.33 bits per heavy atom. The summed E-state index contributed by atoms with van der Waals surface area (Å²) in [6.07, 6.45) is -0.440. The number of ether oxygens (including phenoxy) is 1. The molecule has 21 heavy (non-hydrogen) atoms. The van der Waals surface area contributed by atoms with Crippen molar-refractivity contribution in [1.82, 2.24) is 0 Å². The molecule has 4 nitrogen and oxygen atoms in total. The molecule has 0 fully saturated rings. The Morgan fingerprint density at radius 3 is 2.86 bits per heavy atom. The van der Waals surface area contributed by atoms with Crippen molar-refractivity contribution in [3.8, 4) is 5.75 Å². The van der Waals surface area contributed by atoms with Gasteiger partial charge in [0.05, 0.1) is 11.7 Å². The van der Waals surface area contributed by atoms with E-state index in [1.54, 1.807) is 18.3 Å². The lowest BCUT2D eigenvalue weighted by Gasteiger charge is -2.24. The zero-order chi connectivity index (χ0) is 15.0. The third kappa shape index (κ3) is 2.88. The molecule has 0 aliphatic carbocycles. The van der Waals surface area contributed by atoms with Gasteiger partial charge in [0.25, 0.3) is 5.91 Å². The summed E-state index contributed by atoms with van der Waals surface area (Å²) >= 11 is 1.79. The van der Waals surface area contributed by atoms with Crippen LogP contribution in [0, 0.1) is 6.92 Å². The summed E-state index contributed by atoms with van der Waals surface area (Å²) in [5, 5.41) is 6.32. The predicted octanol–water partition coefficient (Wildman–Crippen LogP) is 3.95. The van der Waals surface area contributed by atoms with Crippen LogP contribution in [0.25, 0.3) is 0 Å². The van der Waals surface area contributed by atoms with Crippen LogP contribution >= 0.6 is 11.3 Å². The first-order valence-corrected chi connectivity index (χ1v) is 7.79. The lowest BCUT2D eigenvalue weighted by molar-refractivity contribution is -0.122. The molecule has 5 heteroatoms. The van der Waals surface area contributed by atoms with Crippen LogP contribution in [-0.2, 0) is 4.79 Å². The molecule has 2 unspecified atom stereocenters. The fourth-order valence-electron chi connectivity index (χ4n) is 2.31. The van der Waals surface area contributed by atoms with E-state index >= 15 is 0 Å². The number of anilines is 2. The van der Waals surface area contributed by atoms with Crippen LogP contribution in [0.5, 0.6) is 5.75 Å². The van der Waals surface area contributed by atoms with Crippen LogP contribution in [0.1, 0.15) is 29.6 Å². The van der Waals surface area contributed by atoms with Crippen molar-refractivity contribution in [2.24, 2.45) is 0 Å². The maximum Gasteiger partial charge on any atom is 0.265 e. The van der Waals surface area contributed by atoms with Crippen molar-refractivity contribution in [3.63, 3.8) is 0 Å². The molecule has 2 heterocycles. The molecule has 110 valence electrons. The standard InChI is InChI=1S/C16H18N2O2S/c1-9-4-7-15(21-9)10(2)17-12-5-6-14-13(8-12)18-16(19)11(3)20-14/h4-8,10-11,17H,1-3H3,(H,18,19). The Kier molecular flexibility index (Phi) is 3.59. The SMILES string of the molecule is Cc1ccc(C(C)Nc2ccc3c(c2)NC(=O)C(C)O3)s1. The topological polar surface area (TPSA) is 50.4 Å². The number of hydrogen-bond acceptors (Lipinski definition) is 4. The average Bonchev–Trinajstić information content (AvgIpc) is 2.87. The number of thiophene rings is 1. The summed E-state index contributed by atoms with van der Waals surface area (Å²) in [7, 11) is 0. The summed E-state index contributed by atoms with van der Waals surface area (Å²) in [6.45, 7) is 5.97. The van der Waals surface area contributed by atoms with Gasteiger partial charge < -0.3 is 15.4 Å². The molecule has 2 aromatic rings. The maximum absolute atomic E-state index is 11.7. The number of rotatable bonds is 3. The third-order valence-corrected chi connectivity index (χ3v) is 4.66. The molecule has 0 spiro atoms. The van der Waals surface area contributed by atoms with E-state index < -0.39 is 6.10 Å². The molecular weight excluding hydrogens is 284 g/mol. The van der Waals surface area contributed by atoms with Crippen LogP contribution in [-0.4, -0.2) is 12.0 Å². The Balaban J connectivity index is 1.78. The minimum atomic E-state index is -0.440. The highest BCUT2D eigenvalue weighted by molar-refractivity contribution is 7.12. The van der Waals surface area contributed by atoms with Gasteiger partial charge in [0.2, 0.25) is 0 Å². The Morgan fingerprint density at radius 2 is 2.14 bits per heavy atom. The number of carbonyl (C=O) groups is 1. The molecule has 0 saturated heterocycles. The molecule has 2 N–H and O–H groups in total. The van der Waals surface area contributed by atoms with Gasteiger partial charge in [-0.1, -0.05) is 0 Å². The highest BCUT2D eigenvalue weighted by Crippen LogP contribution is 2.34. The molecule has 0 bridgehead atoms. The van der Waals surface area contributed by atoms with E-state index in [0.29, 0.717) is 5.75 Å². The highest BCUT2D eigenvalue weighted by atomic mass is 32.1. The number of nitrogens with one attached hydrogen (secondary N) is 2. The largest absolute Gasteiger partial charge is 0.479 e. The van der Waals surface area contributed by atoms with Gasteiger partial charge in [0.15, 0.2) is 6.10 Å². The van der Waals surface area contributed by atoms with E-state index in [9.17, 15) is 4.79 Å². The number of hydrogen-bond donors (Lipinski definition) is 2. The molecule has 3 rings (SSSR count). The fraction of sp³-hybridized carbons (Fsp3) is 0.312. The summed E-state index contributed by atoms with van der Waals surface area (Å²) < 4.78 is 5.55. The Hall–Kier alpha value is -2.01. The van der Waals surface area contributed by atoms with E-state index in [1.807, 2.05) is 18.2 Å². The number of fused-ring (bicyclic) bond motifs is 1. The van der Waals surface area contributed by atoms with Crippen molar-refractivity contribution in [2.75, 3.05) is 10.6 Å². The second-order valence-electron chi connectivity index (χ2n) is 5.27. The quantitative estimate of drug-likeness (QED) is 0.902. The normalized spacial score (nSPS) is 18.4. The zero-order valence-corrected chi connectivity index (χ0v) is 13.1. The molecule has 1 aliphatic heterocycles. The fourth-order valence-corrected chi connectivity index (χ4v) is 3.19. The van der Waals surface area contributed by atoms with Gasteiger partial charge >= 0.3 is 0 Å². The Labute approximate surface area is 128 Å². The first kappa shape index (κ1) is 13.9. The van der Waals surface area contributed by atoms with Crippen LogP contribution < -0.4 is 15.4 Å². The van der Waals surface area contributed by atoms with Crippen LogP contribution in [0.4, 0.5) is 11.4 Å². The van der Waals surface area contributed by atoms with E-state index in [0.717, 1.165) is 11.4 Å². The van der Waals surface area contributed by atoms with Crippen molar-refractivity contribution >= 4 is 28.6 Å². The molecule has 0 saturated carbocycles. The van der Waals surface area contributed by atoms with Gasteiger partial charge in [-0.2, -0.15) is 0 Å². The third-order valence-electron chi connectivity index (χ3n) is 3.48. The number of amides is 1. The van der Waals surface area contributed by atoms with E-state index in [2.05, 4.69) is 36.6 Å². The molecule has 1 aromatic heterocycles. The van der Waals surface area contributed by atoms with Gasteiger partial charge in [-0.15, -0.1) is 11.3 Å². The van der Waals surface area contributed by atoms with Gasteiger partial charge in [-0.25, -0.2) is 0 Å². The molecule has 1 aliphatic rings. The monoisotopic (exact) mass is 302 g/mol. The number of carbonyl (C=O) groups excluding carboxylic acids is 1. The van der Waals surface area contributed by atoms with Gasteiger partial charge in [0, 0.05) is 15.4 Å². The summed E-state index contributed by atoms with van der Waals surface area (Å²) in [4.78, 5) is 14.3. The first-order valence-electron chi connectivity index (χ1n) is 6.97. The highest BCUT2D eigenvalue weighted by Gasteiger charge is 2.23. The Bertz CT molecular complexity index is 681. The number of aryl methyl sites for hydroxylation is 1. The van der Waals surface area contributed by atoms with Crippen LogP contribution in [0.3, 0.4) is 0 Å². The summed E-state index contributed by atoms with van der Waals surface area (Å²) in [5.41, 5.74) is 1.68. The van der Waals surface area contributed by atoms with Gasteiger partial charge in [-0.3, -0.25) is 4.79 Å². The molecule has 2 atom stereocenters. The van der Waals surface area contributed by atoms with E-state index in [1.165, 1.54) is 9.75 Å². The van der Waals surface area contributed by atoms with Gasteiger partial charge in [0.1, 0.15) is 5.75 Å². The number of benzene rings is 1. The minimum Gasteiger partial charge on any atom is -0.479 e. The smallest absolute Gasteiger partial charge is 0.265 e. The first-order chi connectivity index (χ1) is 10.0. The molecule has 1 amide bonds. The van der Waals surface area contributed by atoms with E-state index in [4.69, 9.17) is 4.74 Å². The van der Waals surface area contributed by atoms with Crippen molar-refractivity contribution in [3.05, 3.63) is 40.1 Å². The zero-order valence-electron chi connectivity index (χ0n) is 12.3. The second kappa shape index (κ2) is 5.41. The van der Waals surface area contributed by atoms with Crippen LogP contribution in [0.15, 0.2) is 30.3 Å². The molecular formula is C16H18N2O2S. The van der Waals surface area contributed by atoms with E-state index in [-0.39, 0.29) is 11.9 Å². The second-order valence-corrected chi connectivity index (χ2v) is 6.59. The van der Waals surface area contributed by atoms with Crippen molar-refractivity contribution in [2.45, 2.75) is 32.9 Å². The summed E-state index contributed by atoms with van der Waals surface area (Å²) in [6, 6.07) is 10.3. The van der Waals surface area contributed by atoms with Crippen LogP contribution in [0.2, 0.25) is 0 Å². The average molecular weight is 302 g/mol.